The lowest BCUT2D eigenvalue weighted by Crippen LogP contribution is -2.28. The van der Waals surface area contributed by atoms with Crippen LogP contribution in [0, 0.1) is 6.92 Å². The molecule has 13 heavy (non-hydrogen) atoms. The molecule has 1 saturated carbocycles. The van der Waals surface area contributed by atoms with Crippen LogP contribution in [-0.4, -0.2) is 5.91 Å². The molecule has 0 aliphatic heterocycles. The average molecular weight is 175 g/mol. The van der Waals surface area contributed by atoms with E-state index in [9.17, 15) is 4.79 Å². The van der Waals surface area contributed by atoms with Gasteiger partial charge < -0.3 is 5.73 Å². The Kier molecular flexibility index (Phi) is 1.65. The maximum absolute atomic E-state index is 11.2. The number of amides is 1. The van der Waals surface area contributed by atoms with E-state index in [-0.39, 0.29) is 11.3 Å². The Morgan fingerprint density at radius 1 is 1.46 bits per heavy atom. The molecule has 68 valence electrons. The normalized spacial score (nSPS) is 18.2. The molecule has 2 nitrogen and oxygen atoms in total. The standard InChI is InChI=1S/C11H13NO/c1-8-3-2-4-9(7-8)11(5-6-11)10(12)13/h2-4,7H,5-6H2,1H3,(H2,12,13). The lowest BCUT2D eigenvalue weighted by molar-refractivity contribution is -0.120. The van der Waals surface area contributed by atoms with E-state index in [2.05, 4.69) is 6.07 Å². The van der Waals surface area contributed by atoms with Crippen molar-refractivity contribution in [2.45, 2.75) is 25.2 Å². The van der Waals surface area contributed by atoms with Gasteiger partial charge in [-0.15, -0.1) is 0 Å². The Labute approximate surface area is 77.8 Å². The van der Waals surface area contributed by atoms with Gasteiger partial charge in [0.15, 0.2) is 0 Å². The predicted octanol–water partition coefficient (Wildman–Crippen LogP) is 1.51. The average Bonchev–Trinajstić information content (AvgIpc) is 2.83. The summed E-state index contributed by atoms with van der Waals surface area (Å²) < 4.78 is 0. The van der Waals surface area contributed by atoms with Gasteiger partial charge in [-0.3, -0.25) is 4.79 Å². The largest absolute Gasteiger partial charge is 0.369 e. The molecule has 1 fully saturated rings. The first-order valence-electron chi connectivity index (χ1n) is 4.52. The molecule has 1 aliphatic carbocycles. The molecule has 0 radical (unpaired) electrons. The first-order valence-corrected chi connectivity index (χ1v) is 4.52. The number of nitrogens with two attached hydrogens (primary N) is 1. The van der Waals surface area contributed by atoms with Crippen molar-refractivity contribution in [3.05, 3.63) is 35.4 Å². The smallest absolute Gasteiger partial charge is 0.228 e. The highest BCUT2D eigenvalue weighted by atomic mass is 16.1. The zero-order chi connectivity index (χ0) is 9.47. The molecule has 2 heteroatoms. The highest BCUT2D eigenvalue weighted by Crippen LogP contribution is 2.47. The molecule has 2 rings (SSSR count). The van der Waals surface area contributed by atoms with Crippen LogP contribution in [0.2, 0.25) is 0 Å². The van der Waals surface area contributed by atoms with Gasteiger partial charge in [0.2, 0.25) is 5.91 Å². The Balaban J connectivity index is 2.41. The van der Waals surface area contributed by atoms with Crippen molar-refractivity contribution < 1.29 is 4.79 Å². The lowest BCUT2D eigenvalue weighted by Gasteiger charge is -2.11. The van der Waals surface area contributed by atoms with Crippen molar-refractivity contribution in [1.29, 1.82) is 0 Å². The van der Waals surface area contributed by atoms with E-state index >= 15 is 0 Å². The Morgan fingerprint density at radius 3 is 2.62 bits per heavy atom. The summed E-state index contributed by atoms with van der Waals surface area (Å²) in [4.78, 5) is 11.2. The molecule has 0 heterocycles. The molecule has 1 aliphatic rings. The quantitative estimate of drug-likeness (QED) is 0.727. The van der Waals surface area contributed by atoms with Crippen molar-refractivity contribution >= 4 is 5.91 Å². The summed E-state index contributed by atoms with van der Waals surface area (Å²) in [6, 6.07) is 8.05. The summed E-state index contributed by atoms with van der Waals surface area (Å²) in [5, 5.41) is 0. The summed E-state index contributed by atoms with van der Waals surface area (Å²) in [5.74, 6) is -0.182. The minimum absolute atomic E-state index is 0.182. The van der Waals surface area contributed by atoms with Gasteiger partial charge in [-0.1, -0.05) is 29.8 Å². The first-order chi connectivity index (χ1) is 6.15. The van der Waals surface area contributed by atoms with Crippen molar-refractivity contribution in [3.63, 3.8) is 0 Å². The maximum atomic E-state index is 11.2. The second kappa shape index (κ2) is 2.59. The number of aryl methyl sites for hydroxylation is 1. The molecule has 0 aromatic heterocycles. The summed E-state index contributed by atoms with van der Waals surface area (Å²) >= 11 is 0. The molecular formula is C11H13NO. The van der Waals surface area contributed by atoms with E-state index in [1.165, 1.54) is 5.56 Å². The summed E-state index contributed by atoms with van der Waals surface area (Å²) in [5.41, 5.74) is 7.32. The molecule has 0 atom stereocenters. The number of primary amides is 1. The van der Waals surface area contributed by atoms with Gasteiger partial charge in [-0.2, -0.15) is 0 Å². The van der Waals surface area contributed by atoms with Crippen LogP contribution in [-0.2, 0) is 10.2 Å². The lowest BCUT2D eigenvalue weighted by atomic mass is 9.94. The van der Waals surface area contributed by atoms with Gasteiger partial charge >= 0.3 is 0 Å². The van der Waals surface area contributed by atoms with Gasteiger partial charge in [0.25, 0.3) is 0 Å². The highest BCUT2D eigenvalue weighted by Gasteiger charge is 2.49. The van der Waals surface area contributed by atoms with Gasteiger partial charge in [0.05, 0.1) is 5.41 Å². The van der Waals surface area contributed by atoms with Crippen LogP contribution in [0.5, 0.6) is 0 Å². The zero-order valence-electron chi connectivity index (χ0n) is 7.71. The monoisotopic (exact) mass is 175 g/mol. The van der Waals surface area contributed by atoms with Crippen LogP contribution in [0.3, 0.4) is 0 Å². The molecule has 0 bridgehead atoms. The molecule has 0 unspecified atom stereocenters. The molecule has 0 spiro atoms. The van der Waals surface area contributed by atoms with Gasteiger partial charge in [-0.25, -0.2) is 0 Å². The Hall–Kier alpha value is -1.31. The van der Waals surface area contributed by atoms with E-state index in [4.69, 9.17) is 5.73 Å². The number of rotatable bonds is 2. The molecule has 1 aromatic carbocycles. The van der Waals surface area contributed by atoms with Crippen molar-refractivity contribution in [1.82, 2.24) is 0 Å². The summed E-state index contributed by atoms with van der Waals surface area (Å²) in [6.07, 6.45) is 1.82. The Morgan fingerprint density at radius 2 is 2.15 bits per heavy atom. The van der Waals surface area contributed by atoms with Crippen LogP contribution >= 0.6 is 0 Å². The minimum Gasteiger partial charge on any atom is -0.369 e. The second-order valence-corrected chi connectivity index (χ2v) is 3.82. The van der Waals surface area contributed by atoms with Gasteiger partial charge in [0, 0.05) is 0 Å². The third kappa shape index (κ3) is 1.22. The molecule has 1 amide bonds. The van der Waals surface area contributed by atoms with E-state index < -0.39 is 0 Å². The highest BCUT2D eigenvalue weighted by molar-refractivity contribution is 5.89. The number of carbonyl (C=O) groups is 1. The maximum Gasteiger partial charge on any atom is 0.228 e. The summed E-state index contributed by atoms with van der Waals surface area (Å²) in [7, 11) is 0. The first kappa shape index (κ1) is 8.30. The van der Waals surface area contributed by atoms with Crippen molar-refractivity contribution in [2.75, 3.05) is 0 Å². The number of hydrogen-bond donors (Lipinski definition) is 1. The Bertz CT molecular complexity index is 353. The fourth-order valence-electron chi connectivity index (χ4n) is 1.75. The van der Waals surface area contributed by atoms with Crippen LogP contribution < -0.4 is 5.73 Å². The molecule has 2 N–H and O–H groups in total. The third-order valence-corrected chi connectivity index (χ3v) is 2.79. The molecule has 0 saturated heterocycles. The fourth-order valence-corrected chi connectivity index (χ4v) is 1.75. The van der Waals surface area contributed by atoms with Crippen LogP contribution in [0.4, 0.5) is 0 Å². The van der Waals surface area contributed by atoms with E-state index in [1.807, 2.05) is 25.1 Å². The number of hydrogen-bond acceptors (Lipinski definition) is 1. The van der Waals surface area contributed by atoms with Crippen LogP contribution in [0.15, 0.2) is 24.3 Å². The minimum atomic E-state index is -0.327. The second-order valence-electron chi connectivity index (χ2n) is 3.82. The number of benzene rings is 1. The molecule has 1 aromatic rings. The molecular weight excluding hydrogens is 162 g/mol. The van der Waals surface area contributed by atoms with E-state index in [1.54, 1.807) is 0 Å². The third-order valence-electron chi connectivity index (χ3n) is 2.79. The van der Waals surface area contributed by atoms with Gasteiger partial charge in [-0.05, 0) is 25.3 Å². The van der Waals surface area contributed by atoms with Crippen molar-refractivity contribution in [3.8, 4) is 0 Å². The number of carbonyl (C=O) groups excluding carboxylic acids is 1. The van der Waals surface area contributed by atoms with Crippen molar-refractivity contribution in [2.24, 2.45) is 5.73 Å². The van der Waals surface area contributed by atoms with Gasteiger partial charge in [0.1, 0.15) is 0 Å². The van der Waals surface area contributed by atoms with Crippen LogP contribution in [0.1, 0.15) is 24.0 Å². The predicted molar refractivity (Wildman–Crippen MR) is 51.3 cm³/mol. The van der Waals surface area contributed by atoms with Crippen LogP contribution in [0.25, 0.3) is 0 Å². The zero-order valence-corrected chi connectivity index (χ0v) is 7.71. The fraction of sp³-hybridized carbons (Fsp3) is 0.364. The van der Waals surface area contributed by atoms with E-state index in [0.29, 0.717) is 0 Å². The topological polar surface area (TPSA) is 43.1 Å². The van der Waals surface area contributed by atoms with E-state index in [0.717, 1.165) is 18.4 Å². The summed E-state index contributed by atoms with van der Waals surface area (Å²) in [6.45, 7) is 2.03. The SMILES string of the molecule is Cc1cccc(C2(C(N)=O)CC2)c1.